The molecule has 0 aliphatic carbocycles. The largest absolute Gasteiger partial charge is 0.352 e. The number of anilines is 1. The van der Waals surface area contributed by atoms with Crippen molar-refractivity contribution in [2.45, 2.75) is 13.3 Å². The number of hydrogen-bond acceptors (Lipinski definition) is 4. The van der Waals surface area contributed by atoms with E-state index < -0.39 is 0 Å². The third-order valence-electron chi connectivity index (χ3n) is 4.79. The molecule has 0 bridgehead atoms. The van der Waals surface area contributed by atoms with Crippen LogP contribution >= 0.6 is 23.2 Å². The van der Waals surface area contributed by atoms with Crippen molar-refractivity contribution in [2.75, 3.05) is 11.9 Å². The van der Waals surface area contributed by atoms with Crippen LogP contribution in [0.15, 0.2) is 54.7 Å². The van der Waals surface area contributed by atoms with Crippen molar-refractivity contribution >= 4 is 51.9 Å². The van der Waals surface area contributed by atoms with E-state index in [1.807, 2.05) is 24.3 Å². The summed E-state index contributed by atoms with van der Waals surface area (Å²) in [7, 11) is 0. The smallest absolute Gasteiger partial charge is 0.253 e. The van der Waals surface area contributed by atoms with E-state index in [9.17, 15) is 9.59 Å². The number of rotatable bonds is 6. The van der Waals surface area contributed by atoms with Gasteiger partial charge in [0.05, 0.1) is 10.6 Å². The molecule has 2 heterocycles. The number of imidazole rings is 1. The van der Waals surface area contributed by atoms with Crippen LogP contribution in [0, 0.1) is 0 Å². The summed E-state index contributed by atoms with van der Waals surface area (Å²) in [5.74, 6) is 0.148. The number of hydrogen-bond donors (Lipinski definition) is 3. The lowest BCUT2D eigenvalue weighted by atomic mass is 10.1. The zero-order chi connectivity index (χ0) is 22.7. The van der Waals surface area contributed by atoms with E-state index in [1.54, 1.807) is 30.5 Å². The second-order valence-electron chi connectivity index (χ2n) is 7.15. The molecule has 4 aromatic rings. The Hall–Kier alpha value is -3.42. The van der Waals surface area contributed by atoms with E-state index in [4.69, 9.17) is 23.2 Å². The molecule has 162 valence electrons. The summed E-state index contributed by atoms with van der Waals surface area (Å²) < 4.78 is 0. The van der Waals surface area contributed by atoms with Crippen LogP contribution in [0.2, 0.25) is 10.0 Å². The first-order valence-corrected chi connectivity index (χ1v) is 10.6. The molecule has 32 heavy (non-hydrogen) atoms. The van der Waals surface area contributed by atoms with Gasteiger partial charge in [-0.2, -0.15) is 0 Å². The van der Waals surface area contributed by atoms with Gasteiger partial charge < -0.3 is 15.6 Å². The number of aromatic amines is 1. The maximum Gasteiger partial charge on any atom is 0.253 e. The molecule has 2 amide bonds. The van der Waals surface area contributed by atoms with Crippen LogP contribution in [0.3, 0.4) is 0 Å². The van der Waals surface area contributed by atoms with Crippen molar-refractivity contribution in [3.63, 3.8) is 0 Å². The van der Waals surface area contributed by atoms with Gasteiger partial charge in [-0.25, -0.2) is 9.97 Å². The summed E-state index contributed by atoms with van der Waals surface area (Å²) in [5, 5.41) is 6.62. The molecular weight excluding hydrogens is 449 g/mol. The number of H-pyrrole nitrogens is 1. The van der Waals surface area contributed by atoms with Gasteiger partial charge in [-0.15, -0.1) is 0 Å². The predicted molar refractivity (Wildman–Crippen MR) is 126 cm³/mol. The van der Waals surface area contributed by atoms with Gasteiger partial charge in [0.25, 0.3) is 5.91 Å². The van der Waals surface area contributed by atoms with E-state index in [0.29, 0.717) is 51.1 Å². The summed E-state index contributed by atoms with van der Waals surface area (Å²) in [6.07, 6.45) is 2.20. The molecule has 0 aliphatic rings. The SMILES string of the molecule is CC(=O)Nc1ccc(CCNC(=O)c2ccnc3[nH]c(-c4ccc(Cl)cc4Cl)nc23)cc1. The Kier molecular flexibility index (Phi) is 6.39. The van der Waals surface area contributed by atoms with Crippen molar-refractivity contribution in [2.24, 2.45) is 0 Å². The molecule has 0 saturated carbocycles. The number of carbonyl (C=O) groups excluding carboxylic acids is 2. The fourth-order valence-electron chi connectivity index (χ4n) is 3.28. The highest BCUT2D eigenvalue weighted by Gasteiger charge is 2.16. The second kappa shape index (κ2) is 9.38. The first kappa shape index (κ1) is 21.8. The molecular formula is C23H19Cl2N5O2. The van der Waals surface area contributed by atoms with Crippen LogP contribution in [-0.2, 0) is 11.2 Å². The fourth-order valence-corrected chi connectivity index (χ4v) is 3.77. The maximum absolute atomic E-state index is 12.8. The minimum Gasteiger partial charge on any atom is -0.352 e. The Morgan fingerprint density at radius 2 is 1.84 bits per heavy atom. The molecule has 7 nitrogen and oxygen atoms in total. The van der Waals surface area contributed by atoms with E-state index >= 15 is 0 Å². The van der Waals surface area contributed by atoms with Gasteiger partial charge in [-0.05, 0) is 48.4 Å². The van der Waals surface area contributed by atoms with Gasteiger partial charge >= 0.3 is 0 Å². The van der Waals surface area contributed by atoms with Crippen LogP contribution in [-0.4, -0.2) is 33.3 Å². The molecule has 4 rings (SSSR count). The zero-order valence-corrected chi connectivity index (χ0v) is 18.6. The first-order chi connectivity index (χ1) is 15.4. The quantitative estimate of drug-likeness (QED) is 0.376. The van der Waals surface area contributed by atoms with Gasteiger partial charge in [-0.1, -0.05) is 35.3 Å². The number of benzene rings is 2. The number of carbonyl (C=O) groups is 2. The summed E-state index contributed by atoms with van der Waals surface area (Å²) in [4.78, 5) is 35.8. The fraction of sp³-hybridized carbons (Fsp3) is 0.130. The number of pyridine rings is 1. The molecule has 0 saturated heterocycles. The highest BCUT2D eigenvalue weighted by molar-refractivity contribution is 6.36. The lowest BCUT2D eigenvalue weighted by Gasteiger charge is -2.07. The van der Waals surface area contributed by atoms with Gasteiger partial charge in [0.2, 0.25) is 5.91 Å². The predicted octanol–water partition coefficient (Wildman–Crippen LogP) is 4.86. The van der Waals surface area contributed by atoms with Crippen molar-refractivity contribution in [1.82, 2.24) is 20.3 Å². The topological polar surface area (TPSA) is 99.8 Å². The molecule has 0 atom stereocenters. The van der Waals surface area contributed by atoms with E-state index in [2.05, 4.69) is 25.6 Å². The lowest BCUT2D eigenvalue weighted by Crippen LogP contribution is -2.26. The summed E-state index contributed by atoms with van der Waals surface area (Å²) in [5.41, 5.74) is 3.82. The third kappa shape index (κ3) is 4.90. The monoisotopic (exact) mass is 467 g/mol. The molecule has 0 unspecified atom stereocenters. The highest BCUT2D eigenvalue weighted by Crippen LogP contribution is 2.30. The van der Waals surface area contributed by atoms with E-state index in [1.165, 1.54) is 6.92 Å². The average molecular weight is 468 g/mol. The standard InChI is InChI=1S/C23H19Cl2N5O2/c1-13(31)28-16-5-2-14(3-6-16)8-10-27-23(32)18-9-11-26-22-20(18)29-21(30-22)17-7-4-15(24)12-19(17)25/h2-7,9,11-12H,8,10H2,1H3,(H,27,32)(H,28,31)(H,26,29,30). The first-order valence-electron chi connectivity index (χ1n) is 9.85. The van der Waals surface area contributed by atoms with Crippen LogP contribution in [0.25, 0.3) is 22.6 Å². The average Bonchev–Trinajstić information content (AvgIpc) is 3.18. The Balaban J connectivity index is 1.46. The molecule has 0 radical (unpaired) electrons. The zero-order valence-electron chi connectivity index (χ0n) is 17.1. The second-order valence-corrected chi connectivity index (χ2v) is 7.99. The van der Waals surface area contributed by atoms with Gasteiger partial charge in [0, 0.05) is 35.9 Å². The summed E-state index contributed by atoms with van der Waals surface area (Å²) in [6, 6.07) is 14.2. The Morgan fingerprint density at radius 1 is 1.06 bits per heavy atom. The maximum atomic E-state index is 12.8. The van der Waals surface area contributed by atoms with Crippen LogP contribution in [0.5, 0.6) is 0 Å². The van der Waals surface area contributed by atoms with E-state index in [0.717, 1.165) is 11.3 Å². The normalized spacial score (nSPS) is 10.8. The van der Waals surface area contributed by atoms with Crippen LogP contribution in [0.4, 0.5) is 5.69 Å². The van der Waals surface area contributed by atoms with Gasteiger partial charge in [0.15, 0.2) is 5.65 Å². The summed E-state index contributed by atoms with van der Waals surface area (Å²) in [6.45, 7) is 1.91. The van der Waals surface area contributed by atoms with Gasteiger partial charge in [0.1, 0.15) is 11.3 Å². The van der Waals surface area contributed by atoms with Crippen molar-refractivity contribution in [3.8, 4) is 11.4 Å². The van der Waals surface area contributed by atoms with Crippen LogP contribution < -0.4 is 10.6 Å². The molecule has 0 aliphatic heterocycles. The molecule has 3 N–H and O–H groups in total. The molecule has 2 aromatic carbocycles. The summed E-state index contributed by atoms with van der Waals surface area (Å²) >= 11 is 12.3. The van der Waals surface area contributed by atoms with Gasteiger partial charge in [-0.3, -0.25) is 9.59 Å². The number of nitrogens with zero attached hydrogens (tertiary/aromatic N) is 2. The van der Waals surface area contributed by atoms with E-state index in [-0.39, 0.29) is 11.8 Å². The van der Waals surface area contributed by atoms with Crippen molar-refractivity contribution in [1.29, 1.82) is 0 Å². The number of amides is 2. The molecule has 0 fully saturated rings. The Bertz CT molecular complexity index is 1300. The number of aromatic nitrogens is 3. The third-order valence-corrected chi connectivity index (χ3v) is 5.34. The van der Waals surface area contributed by atoms with Crippen molar-refractivity contribution in [3.05, 3.63) is 75.9 Å². The molecule has 2 aromatic heterocycles. The minimum absolute atomic E-state index is 0.117. The lowest BCUT2D eigenvalue weighted by molar-refractivity contribution is -0.114. The number of fused-ring (bicyclic) bond motifs is 1. The van der Waals surface area contributed by atoms with Crippen molar-refractivity contribution < 1.29 is 9.59 Å². The highest BCUT2D eigenvalue weighted by atomic mass is 35.5. The Morgan fingerprint density at radius 3 is 2.56 bits per heavy atom. The number of halogens is 2. The minimum atomic E-state index is -0.243. The molecule has 0 spiro atoms. The van der Waals surface area contributed by atoms with Crippen LogP contribution in [0.1, 0.15) is 22.8 Å². The molecule has 9 heteroatoms. The number of nitrogens with one attached hydrogen (secondary N) is 3. The Labute approximate surface area is 194 Å².